The molecular formula is C16H21F3N6O2. The van der Waals surface area contributed by atoms with E-state index in [1.165, 1.54) is 0 Å². The van der Waals surface area contributed by atoms with Crippen molar-refractivity contribution in [3.63, 3.8) is 0 Å². The third-order valence-corrected chi connectivity index (χ3v) is 4.52. The Morgan fingerprint density at radius 3 is 2.78 bits per heavy atom. The van der Waals surface area contributed by atoms with Crippen LogP contribution >= 0.6 is 0 Å². The van der Waals surface area contributed by atoms with E-state index in [2.05, 4.69) is 25.7 Å². The van der Waals surface area contributed by atoms with Gasteiger partial charge in [-0.05, 0) is 20.8 Å². The van der Waals surface area contributed by atoms with E-state index in [1.54, 1.807) is 24.7 Å². The monoisotopic (exact) mass is 386 g/mol. The molecule has 1 aliphatic heterocycles. The summed E-state index contributed by atoms with van der Waals surface area (Å²) in [5.41, 5.74) is -0.539. The van der Waals surface area contributed by atoms with Gasteiger partial charge in [-0.15, -0.1) is 0 Å². The lowest BCUT2D eigenvalue weighted by Gasteiger charge is -2.26. The van der Waals surface area contributed by atoms with Gasteiger partial charge in [0, 0.05) is 25.4 Å². The molecule has 0 aromatic carbocycles. The summed E-state index contributed by atoms with van der Waals surface area (Å²) in [6.45, 7) is 5.93. The lowest BCUT2D eigenvalue weighted by Crippen LogP contribution is -2.38. The molecule has 3 heterocycles. The molecule has 0 bridgehead atoms. The number of aliphatic hydroxyl groups is 1. The molecule has 0 spiro atoms. The van der Waals surface area contributed by atoms with Gasteiger partial charge in [0.25, 0.3) is 0 Å². The molecule has 0 amide bonds. The molecular weight excluding hydrogens is 365 g/mol. The molecule has 27 heavy (non-hydrogen) atoms. The molecule has 0 saturated carbocycles. The first-order valence-electron chi connectivity index (χ1n) is 8.46. The van der Waals surface area contributed by atoms with Crippen molar-refractivity contribution in [3.8, 4) is 0 Å². The van der Waals surface area contributed by atoms with Gasteiger partial charge in [-0.1, -0.05) is 0 Å². The van der Waals surface area contributed by atoms with Crippen LogP contribution in [0.4, 0.5) is 30.6 Å². The number of aromatic nitrogens is 4. The maximum absolute atomic E-state index is 13.1. The zero-order valence-electron chi connectivity index (χ0n) is 15.1. The van der Waals surface area contributed by atoms with E-state index in [4.69, 9.17) is 4.74 Å². The third-order valence-electron chi connectivity index (χ3n) is 4.52. The van der Waals surface area contributed by atoms with Gasteiger partial charge in [0.15, 0.2) is 6.29 Å². The highest BCUT2D eigenvalue weighted by molar-refractivity contribution is 5.58. The predicted molar refractivity (Wildman–Crippen MR) is 91.7 cm³/mol. The van der Waals surface area contributed by atoms with Gasteiger partial charge in [-0.3, -0.25) is 4.68 Å². The molecule has 3 rings (SSSR count). The lowest BCUT2D eigenvalue weighted by atomic mass is 10.0. The van der Waals surface area contributed by atoms with Gasteiger partial charge < -0.3 is 20.5 Å². The number of hydrogen-bond acceptors (Lipinski definition) is 7. The van der Waals surface area contributed by atoms with Crippen LogP contribution in [0.5, 0.6) is 0 Å². The second kappa shape index (κ2) is 6.97. The van der Waals surface area contributed by atoms with Gasteiger partial charge in [0.1, 0.15) is 16.9 Å². The van der Waals surface area contributed by atoms with E-state index >= 15 is 0 Å². The molecule has 11 heteroatoms. The summed E-state index contributed by atoms with van der Waals surface area (Å²) in [6, 6.07) is 0. The number of nitrogens with zero attached hydrogens (tertiary/aromatic N) is 4. The van der Waals surface area contributed by atoms with Crippen molar-refractivity contribution in [1.82, 2.24) is 19.7 Å². The summed E-state index contributed by atoms with van der Waals surface area (Å²) in [5.74, 6) is -0.283. The molecule has 2 aromatic heterocycles. The van der Waals surface area contributed by atoms with E-state index in [0.29, 0.717) is 24.4 Å². The largest absolute Gasteiger partial charge is 0.421 e. The highest BCUT2D eigenvalue weighted by Crippen LogP contribution is 2.35. The zero-order valence-corrected chi connectivity index (χ0v) is 15.1. The SMILES string of the molecule is CCNc1nc(Nc2cn([C@@]3(C)CCOC3O)nc2C)ncc1C(F)(F)F. The summed E-state index contributed by atoms with van der Waals surface area (Å²) in [5, 5.41) is 19.9. The Balaban J connectivity index is 1.89. The third kappa shape index (κ3) is 3.69. The van der Waals surface area contributed by atoms with Crippen molar-refractivity contribution in [1.29, 1.82) is 0 Å². The Morgan fingerprint density at radius 2 is 2.19 bits per heavy atom. The van der Waals surface area contributed by atoms with Crippen LogP contribution < -0.4 is 10.6 Å². The number of rotatable bonds is 5. The number of ether oxygens (including phenoxy) is 1. The predicted octanol–water partition coefficient (Wildman–Crippen LogP) is 2.63. The summed E-state index contributed by atoms with van der Waals surface area (Å²) in [4.78, 5) is 7.71. The van der Waals surface area contributed by atoms with E-state index < -0.39 is 23.6 Å². The smallest absolute Gasteiger partial charge is 0.370 e. The minimum Gasteiger partial charge on any atom is -0.370 e. The highest BCUT2D eigenvalue weighted by atomic mass is 19.4. The van der Waals surface area contributed by atoms with E-state index in [0.717, 1.165) is 6.20 Å². The molecule has 2 aromatic rings. The summed E-state index contributed by atoms with van der Waals surface area (Å²) < 4.78 is 46.0. The molecule has 1 aliphatic rings. The van der Waals surface area contributed by atoms with Crippen LogP contribution in [0.2, 0.25) is 0 Å². The average molecular weight is 386 g/mol. The first-order chi connectivity index (χ1) is 12.6. The van der Waals surface area contributed by atoms with E-state index in [9.17, 15) is 18.3 Å². The maximum Gasteiger partial charge on any atom is 0.421 e. The molecule has 0 radical (unpaired) electrons. The topological polar surface area (TPSA) is 97.1 Å². The van der Waals surface area contributed by atoms with Crippen molar-refractivity contribution in [2.24, 2.45) is 0 Å². The number of anilines is 3. The minimum atomic E-state index is -4.55. The fourth-order valence-electron chi connectivity index (χ4n) is 2.82. The van der Waals surface area contributed by atoms with Crippen molar-refractivity contribution >= 4 is 17.5 Å². The fraction of sp³-hybridized carbons (Fsp3) is 0.562. The van der Waals surface area contributed by atoms with Crippen LogP contribution in [0.15, 0.2) is 12.4 Å². The van der Waals surface area contributed by atoms with E-state index in [-0.39, 0.29) is 18.3 Å². The first kappa shape index (κ1) is 19.4. The Kier molecular flexibility index (Phi) is 5.00. The number of aliphatic hydroxyl groups excluding tert-OH is 1. The van der Waals surface area contributed by atoms with Gasteiger partial charge in [0.2, 0.25) is 5.95 Å². The molecule has 2 atom stereocenters. The quantitative estimate of drug-likeness (QED) is 0.727. The number of halogens is 3. The second-order valence-electron chi connectivity index (χ2n) is 6.51. The Hall–Kier alpha value is -2.40. The van der Waals surface area contributed by atoms with Crippen molar-refractivity contribution in [2.75, 3.05) is 23.8 Å². The molecule has 1 saturated heterocycles. The van der Waals surface area contributed by atoms with Crippen LogP contribution in [0.3, 0.4) is 0 Å². The average Bonchev–Trinajstić information content (AvgIpc) is 3.11. The zero-order chi connectivity index (χ0) is 19.8. The van der Waals surface area contributed by atoms with Crippen LogP contribution in [-0.2, 0) is 16.5 Å². The standard InChI is InChI=1S/C16H21F3N6O2/c1-4-20-12-10(16(17,18)19)7-21-14(23-12)22-11-8-25(24-9(11)2)15(3)5-6-27-13(15)26/h7-8,13,26H,4-6H2,1-3H3,(H2,20,21,22,23)/t13?,15-/m0/s1. The molecule has 1 unspecified atom stereocenters. The van der Waals surface area contributed by atoms with Crippen LogP contribution in [0.1, 0.15) is 31.5 Å². The van der Waals surface area contributed by atoms with Crippen LogP contribution in [0, 0.1) is 6.92 Å². The van der Waals surface area contributed by atoms with Crippen LogP contribution in [-0.4, -0.2) is 44.3 Å². The van der Waals surface area contributed by atoms with Gasteiger partial charge in [-0.2, -0.15) is 23.3 Å². The van der Waals surface area contributed by atoms with Crippen LogP contribution in [0.25, 0.3) is 0 Å². The normalized spacial score (nSPS) is 22.9. The van der Waals surface area contributed by atoms with Crippen molar-refractivity contribution < 1.29 is 23.0 Å². The van der Waals surface area contributed by atoms with Gasteiger partial charge >= 0.3 is 6.18 Å². The number of hydrogen-bond donors (Lipinski definition) is 3. The van der Waals surface area contributed by atoms with Crippen molar-refractivity contribution in [2.45, 2.75) is 45.2 Å². The number of alkyl halides is 3. The molecule has 8 nitrogen and oxygen atoms in total. The lowest BCUT2D eigenvalue weighted by molar-refractivity contribution is -0.137. The van der Waals surface area contributed by atoms with Gasteiger partial charge in [-0.25, -0.2) is 4.98 Å². The highest BCUT2D eigenvalue weighted by Gasteiger charge is 2.42. The Bertz CT molecular complexity index is 825. The fourth-order valence-corrected chi connectivity index (χ4v) is 2.82. The Morgan fingerprint density at radius 1 is 1.44 bits per heavy atom. The Labute approximate surface area is 153 Å². The van der Waals surface area contributed by atoms with Crippen molar-refractivity contribution in [3.05, 3.63) is 23.7 Å². The number of aryl methyl sites for hydroxylation is 1. The summed E-state index contributed by atoms with van der Waals surface area (Å²) >= 11 is 0. The maximum atomic E-state index is 13.1. The first-order valence-corrected chi connectivity index (χ1v) is 8.46. The molecule has 3 N–H and O–H groups in total. The van der Waals surface area contributed by atoms with Gasteiger partial charge in [0.05, 0.1) is 18.0 Å². The second-order valence-corrected chi connectivity index (χ2v) is 6.51. The molecule has 0 aliphatic carbocycles. The summed E-state index contributed by atoms with van der Waals surface area (Å²) in [6.07, 6.45) is -2.57. The summed E-state index contributed by atoms with van der Waals surface area (Å²) in [7, 11) is 0. The van der Waals surface area contributed by atoms with E-state index in [1.807, 2.05) is 6.92 Å². The number of nitrogens with one attached hydrogen (secondary N) is 2. The molecule has 148 valence electrons. The molecule has 1 fully saturated rings. The minimum absolute atomic E-state index is 0.00923.